The molecule has 1 atom stereocenters. The molecule has 0 saturated carbocycles. The molecule has 5 heteroatoms. The highest BCUT2D eigenvalue weighted by molar-refractivity contribution is 7.98. The Morgan fingerprint density at radius 2 is 2.26 bits per heavy atom. The smallest absolute Gasteiger partial charge is 0.125 e. The van der Waals surface area contributed by atoms with Crippen LogP contribution in [-0.2, 0) is 13.0 Å². The van der Waals surface area contributed by atoms with Gasteiger partial charge in [-0.2, -0.15) is 11.8 Å². The summed E-state index contributed by atoms with van der Waals surface area (Å²) in [5.41, 5.74) is 1.71. The molecule has 0 radical (unpaired) electrons. The average molecular weight is 301 g/mol. The van der Waals surface area contributed by atoms with E-state index in [0.29, 0.717) is 18.2 Å². The van der Waals surface area contributed by atoms with Crippen LogP contribution in [0.4, 0.5) is 4.39 Å². The van der Waals surface area contributed by atoms with Crippen LogP contribution in [-0.4, -0.2) is 27.4 Å². The SMILES string of the molecule is CSCC(C)Cn1c(CCCl)nc2ccc(F)cc21. The van der Waals surface area contributed by atoms with Gasteiger partial charge in [0.2, 0.25) is 0 Å². The number of halogens is 2. The summed E-state index contributed by atoms with van der Waals surface area (Å²) in [4.78, 5) is 4.56. The van der Waals surface area contributed by atoms with Gasteiger partial charge in [-0.3, -0.25) is 0 Å². The summed E-state index contributed by atoms with van der Waals surface area (Å²) < 4.78 is 15.5. The van der Waals surface area contributed by atoms with Crippen LogP contribution in [0.1, 0.15) is 12.7 Å². The first-order valence-corrected chi connectivity index (χ1v) is 8.28. The zero-order valence-corrected chi connectivity index (χ0v) is 12.8. The van der Waals surface area contributed by atoms with E-state index >= 15 is 0 Å². The first kappa shape index (κ1) is 14.7. The summed E-state index contributed by atoms with van der Waals surface area (Å²) in [7, 11) is 0. The summed E-state index contributed by atoms with van der Waals surface area (Å²) in [6.07, 6.45) is 2.81. The molecular weight excluding hydrogens is 283 g/mol. The van der Waals surface area contributed by atoms with Gasteiger partial charge in [-0.15, -0.1) is 11.6 Å². The van der Waals surface area contributed by atoms with Crippen LogP contribution < -0.4 is 0 Å². The third-order valence-electron chi connectivity index (χ3n) is 3.05. The van der Waals surface area contributed by atoms with E-state index < -0.39 is 0 Å². The van der Waals surface area contributed by atoms with E-state index in [-0.39, 0.29) is 5.82 Å². The maximum Gasteiger partial charge on any atom is 0.125 e. The standard InChI is InChI=1S/C14H18ClFN2S/c1-10(9-19-2)8-18-13-7-11(16)3-4-12(13)17-14(18)5-6-15/h3-4,7,10H,5-6,8-9H2,1-2H3. The maximum absolute atomic E-state index is 13.4. The van der Waals surface area contributed by atoms with E-state index in [1.165, 1.54) is 6.07 Å². The van der Waals surface area contributed by atoms with Crippen molar-refractivity contribution in [1.82, 2.24) is 9.55 Å². The molecule has 1 aromatic heterocycles. The average Bonchev–Trinajstić information content (AvgIpc) is 2.68. The second-order valence-electron chi connectivity index (χ2n) is 4.77. The molecule has 0 aliphatic carbocycles. The second-order valence-corrected chi connectivity index (χ2v) is 6.06. The van der Waals surface area contributed by atoms with Crippen LogP contribution in [0.2, 0.25) is 0 Å². The number of hydrogen-bond donors (Lipinski definition) is 0. The third-order valence-corrected chi connectivity index (χ3v) is 4.14. The van der Waals surface area contributed by atoms with Gasteiger partial charge in [-0.25, -0.2) is 9.37 Å². The molecule has 0 saturated heterocycles. The predicted molar refractivity (Wildman–Crippen MR) is 81.7 cm³/mol. The van der Waals surface area contributed by atoms with Crippen molar-refractivity contribution in [1.29, 1.82) is 0 Å². The van der Waals surface area contributed by atoms with E-state index in [0.717, 1.165) is 29.2 Å². The van der Waals surface area contributed by atoms with E-state index in [1.54, 1.807) is 12.1 Å². The van der Waals surface area contributed by atoms with Crippen LogP contribution in [0.15, 0.2) is 18.2 Å². The van der Waals surface area contributed by atoms with Gasteiger partial charge in [0, 0.05) is 18.8 Å². The van der Waals surface area contributed by atoms with Crippen LogP contribution in [0.25, 0.3) is 11.0 Å². The van der Waals surface area contributed by atoms with Crippen LogP contribution in [0.5, 0.6) is 0 Å². The maximum atomic E-state index is 13.4. The number of imidazole rings is 1. The Labute approximate surface area is 122 Å². The zero-order chi connectivity index (χ0) is 13.8. The molecule has 19 heavy (non-hydrogen) atoms. The minimum Gasteiger partial charge on any atom is -0.328 e. The van der Waals surface area contributed by atoms with Crippen LogP contribution >= 0.6 is 23.4 Å². The van der Waals surface area contributed by atoms with Crippen molar-refractivity contribution in [3.05, 3.63) is 29.8 Å². The molecule has 0 bridgehead atoms. The van der Waals surface area contributed by atoms with E-state index in [9.17, 15) is 4.39 Å². The van der Waals surface area contributed by atoms with Crippen molar-refractivity contribution in [2.75, 3.05) is 17.9 Å². The molecule has 2 nitrogen and oxygen atoms in total. The lowest BCUT2D eigenvalue weighted by atomic mass is 10.2. The molecule has 0 fully saturated rings. The number of rotatable bonds is 6. The Bertz CT molecular complexity index is 556. The summed E-state index contributed by atoms with van der Waals surface area (Å²) in [5, 5.41) is 0. The van der Waals surface area contributed by atoms with Crippen molar-refractivity contribution in [3.8, 4) is 0 Å². The number of thioether (sulfide) groups is 1. The fraction of sp³-hybridized carbons (Fsp3) is 0.500. The quantitative estimate of drug-likeness (QED) is 0.752. The Kier molecular flexibility index (Phi) is 5.11. The molecular formula is C14H18ClFN2S. The molecule has 104 valence electrons. The van der Waals surface area contributed by atoms with Crippen molar-refractivity contribution in [2.24, 2.45) is 5.92 Å². The Morgan fingerprint density at radius 3 is 2.95 bits per heavy atom. The Balaban J connectivity index is 2.41. The largest absolute Gasteiger partial charge is 0.328 e. The van der Waals surface area contributed by atoms with Gasteiger partial charge in [0.25, 0.3) is 0 Å². The van der Waals surface area contributed by atoms with Crippen LogP contribution in [0.3, 0.4) is 0 Å². The topological polar surface area (TPSA) is 17.8 Å². The molecule has 1 heterocycles. The van der Waals surface area contributed by atoms with Gasteiger partial charge in [0.05, 0.1) is 11.0 Å². The highest BCUT2D eigenvalue weighted by Crippen LogP contribution is 2.20. The summed E-state index contributed by atoms with van der Waals surface area (Å²) >= 11 is 7.66. The second kappa shape index (κ2) is 6.62. The monoisotopic (exact) mass is 300 g/mol. The highest BCUT2D eigenvalue weighted by atomic mass is 35.5. The molecule has 2 aromatic rings. The molecule has 1 unspecified atom stereocenters. The Morgan fingerprint density at radius 1 is 1.47 bits per heavy atom. The number of benzene rings is 1. The third kappa shape index (κ3) is 3.42. The number of alkyl halides is 1. The first-order valence-electron chi connectivity index (χ1n) is 6.35. The first-order chi connectivity index (χ1) is 9.15. The van der Waals surface area contributed by atoms with Gasteiger partial charge in [0.1, 0.15) is 11.6 Å². The van der Waals surface area contributed by atoms with Crippen molar-refractivity contribution >= 4 is 34.4 Å². The number of aryl methyl sites for hydroxylation is 1. The van der Waals surface area contributed by atoms with Gasteiger partial charge in [0.15, 0.2) is 0 Å². The van der Waals surface area contributed by atoms with Gasteiger partial charge < -0.3 is 4.57 Å². The number of aromatic nitrogens is 2. The zero-order valence-electron chi connectivity index (χ0n) is 11.2. The molecule has 0 aliphatic rings. The number of fused-ring (bicyclic) bond motifs is 1. The normalized spacial score (nSPS) is 13.1. The lowest BCUT2D eigenvalue weighted by molar-refractivity contribution is 0.525. The van der Waals surface area contributed by atoms with Gasteiger partial charge in [-0.05, 0) is 36.1 Å². The molecule has 1 aromatic carbocycles. The molecule has 0 aliphatic heterocycles. The minimum absolute atomic E-state index is 0.219. The predicted octanol–water partition coefficient (Wildman–Crippen LogP) is 3.96. The van der Waals surface area contributed by atoms with Gasteiger partial charge in [-0.1, -0.05) is 6.92 Å². The lowest BCUT2D eigenvalue weighted by Gasteiger charge is -2.14. The minimum atomic E-state index is -0.219. The summed E-state index contributed by atoms with van der Waals surface area (Å²) in [5.74, 6) is 2.86. The Hall–Kier alpha value is -0.740. The van der Waals surface area contributed by atoms with Crippen molar-refractivity contribution in [3.63, 3.8) is 0 Å². The molecule has 0 spiro atoms. The van der Waals surface area contributed by atoms with Gasteiger partial charge >= 0.3 is 0 Å². The molecule has 0 amide bonds. The van der Waals surface area contributed by atoms with Crippen LogP contribution in [0, 0.1) is 11.7 Å². The molecule has 2 rings (SSSR count). The van der Waals surface area contributed by atoms with E-state index in [1.807, 2.05) is 11.8 Å². The summed E-state index contributed by atoms with van der Waals surface area (Å²) in [6.45, 7) is 3.05. The fourth-order valence-corrected chi connectivity index (χ4v) is 3.12. The summed E-state index contributed by atoms with van der Waals surface area (Å²) in [6, 6.07) is 4.75. The molecule has 0 N–H and O–H groups in total. The van der Waals surface area contributed by atoms with E-state index in [2.05, 4.69) is 22.7 Å². The van der Waals surface area contributed by atoms with Crippen molar-refractivity contribution < 1.29 is 4.39 Å². The van der Waals surface area contributed by atoms with E-state index in [4.69, 9.17) is 11.6 Å². The fourth-order valence-electron chi connectivity index (χ4n) is 2.27. The lowest BCUT2D eigenvalue weighted by Crippen LogP contribution is -2.13. The highest BCUT2D eigenvalue weighted by Gasteiger charge is 2.13. The number of hydrogen-bond acceptors (Lipinski definition) is 2. The van der Waals surface area contributed by atoms with Crippen molar-refractivity contribution in [2.45, 2.75) is 19.9 Å². The number of nitrogens with zero attached hydrogens (tertiary/aromatic N) is 2.